The van der Waals surface area contributed by atoms with Crippen LogP contribution in [0.15, 0.2) is 54.7 Å². The number of anilines is 2. The quantitative estimate of drug-likeness (QED) is 0.703. The van der Waals surface area contributed by atoms with Crippen molar-refractivity contribution in [3.8, 4) is 0 Å². The third-order valence-corrected chi connectivity index (χ3v) is 4.55. The van der Waals surface area contributed by atoms with Crippen LogP contribution in [0, 0.1) is 6.92 Å². The molecule has 1 heterocycles. The Morgan fingerprint density at radius 1 is 1.15 bits per heavy atom. The van der Waals surface area contributed by atoms with Gasteiger partial charge in [-0.25, -0.2) is 0 Å². The lowest BCUT2D eigenvalue weighted by molar-refractivity contribution is -0.117. The van der Waals surface area contributed by atoms with Gasteiger partial charge in [-0.15, -0.1) is 0 Å². The third kappa shape index (κ3) is 4.44. The van der Waals surface area contributed by atoms with Crippen molar-refractivity contribution in [3.05, 3.63) is 65.3 Å². The standard InChI is InChI=1S/C21H20ClN3O2/c1-14-8-9-17(22)13-19(14)25(15(2)26)12-10-20(27)24-18-7-3-5-16-6-4-11-23-21(16)18/h3-9,11,13H,10,12H2,1-2H3,(H,24,27). The van der Waals surface area contributed by atoms with E-state index in [0.717, 1.165) is 22.2 Å². The van der Waals surface area contributed by atoms with E-state index in [1.54, 1.807) is 23.2 Å². The van der Waals surface area contributed by atoms with Crippen LogP contribution in [-0.4, -0.2) is 23.3 Å². The molecule has 3 rings (SSSR count). The average Bonchev–Trinajstić information content (AvgIpc) is 2.64. The maximum Gasteiger partial charge on any atom is 0.226 e. The zero-order valence-corrected chi connectivity index (χ0v) is 16.0. The highest BCUT2D eigenvalue weighted by atomic mass is 35.5. The van der Waals surface area contributed by atoms with Crippen LogP contribution < -0.4 is 10.2 Å². The molecule has 6 heteroatoms. The van der Waals surface area contributed by atoms with Crippen molar-refractivity contribution < 1.29 is 9.59 Å². The first-order valence-electron chi connectivity index (χ1n) is 8.63. The Morgan fingerprint density at radius 3 is 2.70 bits per heavy atom. The van der Waals surface area contributed by atoms with Crippen LogP contribution in [0.1, 0.15) is 18.9 Å². The number of aromatic nitrogens is 1. The van der Waals surface area contributed by atoms with E-state index >= 15 is 0 Å². The van der Waals surface area contributed by atoms with E-state index in [1.807, 2.05) is 43.3 Å². The summed E-state index contributed by atoms with van der Waals surface area (Å²) >= 11 is 6.07. The van der Waals surface area contributed by atoms with Crippen molar-refractivity contribution in [2.75, 3.05) is 16.8 Å². The summed E-state index contributed by atoms with van der Waals surface area (Å²) in [5.74, 6) is -0.320. The van der Waals surface area contributed by atoms with Crippen LogP contribution in [0.25, 0.3) is 10.9 Å². The van der Waals surface area contributed by atoms with Gasteiger partial charge in [0.1, 0.15) is 0 Å². The summed E-state index contributed by atoms with van der Waals surface area (Å²) in [5, 5.41) is 4.39. The van der Waals surface area contributed by atoms with Gasteiger partial charge in [0.2, 0.25) is 11.8 Å². The molecule has 0 aliphatic carbocycles. The summed E-state index contributed by atoms with van der Waals surface area (Å²) < 4.78 is 0. The fourth-order valence-electron chi connectivity index (χ4n) is 2.95. The Bertz CT molecular complexity index is 998. The molecule has 0 saturated heterocycles. The second kappa shape index (κ2) is 8.18. The Kier molecular flexibility index (Phi) is 5.72. The summed E-state index contributed by atoms with van der Waals surface area (Å²) in [6, 6.07) is 14.8. The monoisotopic (exact) mass is 381 g/mol. The summed E-state index contributed by atoms with van der Waals surface area (Å²) in [6.45, 7) is 3.65. The number of pyridine rings is 1. The maximum absolute atomic E-state index is 12.5. The molecule has 0 bridgehead atoms. The molecule has 0 fully saturated rings. The van der Waals surface area contributed by atoms with Gasteiger partial charge in [-0.1, -0.05) is 35.9 Å². The molecule has 3 aromatic rings. The first-order chi connectivity index (χ1) is 13.0. The van der Waals surface area contributed by atoms with E-state index in [9.17, 15) is 9.59 Å². The fourth-order valence-corrected chi connectivity index (χ4v) is 3.12. The molecule has 0 unspecified atom stereocenters. The number of amides is 2. The number of para-hydroxylation sites is 1. The van der Waals surface area contributed by atoms with Gasteiger partial charge in [0, 0.05) is 42.2 Å². The lowest BCUT2D eigenvalue weighted by Crippen LogP contribution is -2.32. The largest absolute Gasteiger partial charge is 0.324 e. The molecule has 27 heavy (non-hydrogen) atoms. The molecule has 138 valence electrons. The number of nitrogens with one attached hydrogen (secondary N) is 1. The summed E-state index contributed by atoms with van der Waals surface area (Å²) in [6.07, 6.45) is 1.85. The number of hydrogen-bond donors (Lipinski definition) is 1. The van der Waals surface area contributed by atoms with Crippen molar-refractivity contribution in [3.63, 3.8) is 0 Å². The summed E-state index contributed by atoms with van der Waals surface area (Å²) in [4.78, 5) is 30.5. The zero-order valence-electron chi connectivity index (χ0n) is 15.2. The minimum absolute atomic E-state index is 0.139. The second-order valence-electron chi connectivity index (χ2n) is 6.28. The van der Waals surface area contributed by atoms with E-state index in [4.69, 9.17) is 11.6 Å². The number of carbonyl (C=O) groups is 2. The SMILES string of the molecule is CC(=O)N(CCC(=O)Nc1cccc2cccnc12)c1cc(Cl)ccc1C. The first kappa shape index (κ1) is 18.9. The smallest absolute Gasteiger partial charge is 0.226 e. The number of nitrogens with zero attached hydrogens (tertiary/aromatic N) is 2. The Labute approximate surface area is 163 Å². The maximum atomic E-state index is 12.5. The zero-order chi connectivity index (χ0) is 19.4. The molecule has 2 aromatic carbocycles. The number of fused-ring (bicyclic) bond motifs is 1. The molecule has 0 spiro atoms. The number of halogens is 1. The molecule has 5 nitrogen and oxygen atoms in total. The van der Waals surface area contributed by atoms with Crippen LogP contribution in [0.2, 0.25) is 5.02 Å². The summed E-state index contributed by atoms with van der Waals surface area (Å²) in [5.41, 5.74) is 3.04. The Morgan fingerprint density at radius 2 is 1.93 bits per heavy atom. The van der Waals surface area contributed by atoms with Crippen LogP contribution in [-0.2, 0) is 9.59 Å². The van der Waals surface area contributed by atoms with E-state index in [1.165, 1.54) is 6.92 Å². The Hall–Kier alpha value is -2.92. The van der Waals surface area contributed by atoms with Gasteiger partial charge in [0.15, 0.2) is 0 Å². The molecular weight excluding hydrogens is 362 g/mol. The number of aryl methyl sites for hydroxylation is 1. The minimum Gasteiger partial charge on any atom is -0.324 e. The van der Waals surface area contributed by atoms with Crippen LogP contribution >= 0.6 is 11.6 Å². The molecule has 0 saturated carbocycles. The van der Waals surface area contributed by atoms with Crippen molar-refractivity contribution in [1.82, 2.24) is 4.98 Å². The Balaban J connectivity index is 1.73. The average molecular weight is 382 g/mol. The molecule has 1 N–H and O–H groups in total. The van der Waals surface area contributed by atoms with Crippen molar-refractivity contribution in [1.29, 1.82) is 0 Å². The first-order valence-corrected chi connectivity index (χ1v) is 9.01. The van der Waals surface area contributed by atoms with Crippen molar-refractivity contribution >= 4 is 45.7 Å². The minimum atomic E-state index is -0.181. The summed E-state index contributed by atoms with van der Waals surface area (Å²) in [7, 11) is 0. The van der Waals surface area contributed by atoms with Crippen LogP contribution in [0.3, 0.4) is 0 Å². The van der Waals surface area contributed by atoms with Crippen molar-refractivity contribution in [2.24, 2.45) is 0 Å². The van der Waals surface area contributed by atoms with Gasteiger partial charge in [-0.3, -0.25) is 14.6 Å². The molecular formula is C21H20ClN3O2. The van der Waals surface area contributed by atoms with Gasteiger partial charge in [0.25, 0.3) is 0 Å². The normalized spacial score (nSPS) is 10.6. The highest BCUT2D eigenvalue weighted by molar-refractivity contribution is 6.31. The van der Waals surface area contributed by atoms with Gasteiger partial charge in [-0.2, -0.15) is 0 Å². The predicted octanol–water partition coefficient (Wildman–Crippen LogP) is 4.58. The molecule has 0 radical (unpaired) electrons. The topological polar surface area (TPSA) is 62.3 Å². The second-order valence-corrected chi connectivity index (χ2v) is 6.72. The molecule has 0 aliphatic heterocycles. The number of hydrogen-bond acceptors (Lipinski definition) is 3. The van der Waals surface area contributed by atoms with Gasteiger partial charge >= 0.3 is 0 Å². The lowest BCUT2D eigenvalue weighted by atomic mass is 10.1. The van der Waals surface area contributed by atoms with Crippen LogP contribution in [0.4, 0.5) is 11.4 Å². The fraction of sp³-hybridized carbons (Fsp3) is 0.190. The highest BCUT2D eigenvalue weighted by Gasteiger charge is 2.16. The number of carbonyl (C=O) groups excluding carboxylic acids is 2. The van der Waals surface area contributed by atoms with Crippen molar-refractivity contribution in [2.45, 2.75) is 20.3 Å². The van der Waals surface area contributed by atoms with Crippen LogP contribution in [0.5, 0.6) is 0 Å². The number of rotatable bonds is 5. The lowest BCUT2D eigenvalue weighted by Gasteiger charge is -2.23. The van der Waals surface area contributed by atoms with E-state index in [-0.39, 0.29) is 24.8 Å². The number of benzene rings is 2. The van der Waals surface area contributed by atoms with E-state index < -0.39 is 0 Å². The van der Waals surface area contributed by atoms with Gasteiger partial charge in [0.05, 0.1) is 11.2 Å². The van der Waals surface area contributed by atoms with Gasteiger partial charge < -0.3 is 10.2 Å². The van der Waals surface area contributed by atoms with E-state index in [2.05, 4.69) is 10.3 Å². The highest BCUT2D eigenvalue weighted by Crippen LogP contribution is 2.25. The van der Waals surface area contributed by atoms with E-state index in [0.29, 0.717) is 10.7 Å². The molecule has 0 aliphatic rings. The molecule has 2 amide bonds. The third-order valence-electron chi connectivity index (χ3n) is 4.31. The molecule has 1 aromatic heterocycles. The van der Waals surface area contributed by atoms with Gasteiger partial charge in [-0.05, 0) is 36.8 Å². The predicted molar refractivity (Wildman–Crippen MR) is 109 cm³/mol. The molecule has 0 atom stereocenters.